The number of ether oxygens (including phenoxy) is 3. The second-order valence-corrected chi connectivity index (χ2v) is 11.6. The van der Waals surface area contributed by atoms with Crippen LogP contribution in [0.3, 0.4) is 0 Å². The number of fused-ring (bicyclic) bond motifs is 1. The average molecular weight is 620 g/mol. The number of anilines is 1. The van der Waals surface area contributed by atoms with Crippen molar-refractivity contribution in [1.82, 2.24) is 24.6 Å². The van der Waals surface area contributed by atoms with Gasteiger partial charge in [-0.25, -0.2) is 14.6 Å². The molecule has 17 nitrogen and oxygen atoms in total. The van der Waals surface area contributed by atoms with Gasteiger partial charge in [-0.05, 0) is 38.8 Å². The Bertz CT molecular complexity index is 1540. The quantitative estimate of drug-likeness (QED) is 0.0821. The van der Waals surface area contributed by atoms with E-state index < -0.39 is 56.4 Å². The molecule has 18 heteroatoms. The monoisotopic (exact) mass is 619 g/mol. The lowest BCUT2D eigenvalue weighted by Crippen LogP contribution is -2.43. The molecule has 0 bridgehead atoms. The number of carbonyl (C=O) groups is 1. The first-order chi connectivity index (χ1) is 20.5. The summed E-state index contributed by atoms with van der Waals surface area (Å²) >= 11 is 0. The van der Waals surface area contributed by atoms with Crippen LogP contribution in [0.15, 0.2) is 41.8 Å². The predicted molar refractivity (Wildman–Crippen MR) is 152 cm³/mol. The third kappa shape index (κ3) is 6.73. The number of aliphatic hydroxyl groups is 1. The summed E-state index contributed by atoms with van der Waals surface area (Å²) in [5.41, 5.74) is 14.7. The first-order valence-electron chi connectivity index (χ1n) is 13.3. The number of nitrogen functional groups attached to an aromatic ring is 1. The van der Waals surface area contributed by atoms with Crippen molar-refractivity contribution in [2.45, 2.75) is 63.8 Å². The lowest BCUT2D eigenvalue weighted by molar-refractivity contribution is -0.144. The smallest absolute Gasteiger partial charge is 0.406 e. The molecule has 232 valence electrons. The van der Waals surface area contributed by atoms with Crippen molar-refractivity contribution >= 4 is 30.8 Å². The lowest BCUT2D eigenvalue weighted by atomic mass is 9.93. The van der Waals surface area contributed by atoms with Crippen molar-refractivity contribution in [2.24, 2.45) is 5.11 Å². The Hall–Kier alpha value is -3.82. The van der Waals surface area contributed by atoms with Crippen LogP contribution in [-0.2, 0) is 27.9 Å². The van der Waals surface area contributed by atoms with Gasteiger partial charge in [0.15, 0.2) is 17.4 Å². The molecule has 4 N–H and O–H groups in total. The normalized spacial score (nSPS) is 24.6. The Balaban J connectivity index is 1.62. The third-order valence-corrected chi connectivity index (χ3v) is 8.62. The molecule has 1 fully saturated rings. The minimum absolute atomic E-state index is 0.109. The van der Waals surface area contributed by atoms with Crippen LogP contribution in [0.2, 0.25) is 0 Å². The molecule has 1 aliphatic rings. The molecule has 3 aromatic rings. The average Bonchev–Trinajstić information content (AvgIpc) is 3.50. The predicted octanol–water partition coefficient (Wildman–Crippen LogP) is 3.19. The van der Waals surface area contributed by atoms with E-state index in [1.54, 1.807) is 38.1 Å². The molecular formula is C25H34N9O8P. The van der Waals surface area contributed by atoms with Gasteiger partial charge in [-0.1, -0.05) is 35.4 Å². The van der Waals surface area contributed by atoms with Crippen molar-refractivity contribution in [3.05, 3.63) is 52.7 Å². The van der Waals surface area contributed by atoms with Gasteiger partial charge >= 0.3 is 13.7 Å². The Kier molecular flexibility index (Phi) is 9.87. The maximum Gasteiger partial charge on any atom is 0.406 e. The van der Waals surface area contributed by atoms with Crippen LogP contribution in [0.1, 0.15) is 45.6 Å². The number of azide groups is 1. The highest BCUT2D eigenvalue weighted by molar-refractivity contribution is 7.51. The zero-order valence-electron chi connectivity index (χ0n) is 24.2. The van der Waals surface area contributed by atoms with E-state index in [0.29, 0.717) is 5.56 Å². The van der Waals surface area contributed by atoms with Gasteiger partial charge in [-0.3, -0.25) is 18.4 Å². The molecule has 0 radical (unpaired) electrons. The number of nitrogens with two attached hydrogens (primary N) is 1. The number of hydrogen-bond donors (Lipinski definition) is 3. The Morgan fingerprint density at radius 1 is 1.35 bits per heavy atom. The van der Waals surface area contributed by atoms with E-state index in [4.69, 9.17) is 29.0 Å². The van der Waals surface area contributed by atoms with E-state index >= 15 is 0 Å². The number of methoxy groups -OCH3 is 1. The Labute approximate surface area is 246 Å². The minimum Gasteiger partial charge on any atom is -0.479 e. The molecule has 0 saturated carbocycles. The Morgan fingerprint density at radius 3 is 2.72 bits per heavy atom. The van der Waals surface area contributed by atoms with E-state index in [2.05, 4.69) is 30.1 Å². The number of rotatable bonds is 13. The van der Waals surface area contributed by atoms with Crippen molar-refractivity contribution < 1.29 is 37.7 Å². The number of nitrogens with zero attached hydrogens (tertiary/aromatic N) is 7. The molecule has 2 aromatic heterocycles. The number of esters is 1. The van der Waals surface area contributed by atoms with Gasteiger partial charge in [0, 0.05) is 4.91 Å². The minimum atomic E-state index is -4.27. The second kappa shape index (κ2) is 13.2. The molecule has 3 heterocycles. The van der Waals surface area contributed by atoms with Crippen molar-refractivity contribution in [2.75, 3.05) is 26.1 Å². The molecule has 1 aliphatic heterocycles. The molecular weight excluding hydrogens is 585 g/mol. The van der Waals surface area contributed by atoms with Gasteiger partial charge in [-0.15, -0.1) is 0 Å². The molecule has 1 saturated heterocycles. The zero-order valence-corrected chi connectivity index (χ0v) is 25.1. The van der Waals surface area contributed by atoms with Gasteiger partial charge in [0.1, 0.15) is 17.7 Å². The molecule has 43 heavy (non-hydrogen) atoms. The fraction of sp³-hybridized carbons (Fsp3) is 0.520. The maximum absolute atomic E-state index is 14.0. The molecule has 7 atom stereocenters. The lowest BCUT2D eigenvalue weighted by Gasteiger charge is -2.28. The van der Waals surface area contributed by atoms with E-state index in [1.807, 2.05) is 6.07 Å². The topological polar surface area (TPSA) is 231 Å². The van der Waals surface area contributed by atoms with Gasteiger partial charge in [0.05, 0.1) is 38.9 Å². The number of aromatic nitrogens is 4. The number of hydrogen-bond acceptors (Lipinski definition) is 13. The fourth-order valence-electron chi connectivity index (χ4n) is 4.62. The number of benzene rings is 1. The van der Waals surface area contributed by atoms with Gasteiger partial charge in [-0.2, -0.15) is 9.97 Å². The summed E-state index contributed by atoms with van der Waals surface area (Å²) in [6.07, 6.45) is -3.18. The van der Waals surface area contributed by atoms with Gasteiger partial charge in [0.2, 0.25) is 11.8 Å². The van der Waals surface area contributed by atoms with E-state index in [-0.39, 0.29) is 29.6 Å². The van der Waals surface area contributed by atoms with Crippen molar-refractivity contribution in [3.8, 4) is 5.88 Å². The van der Waals surface area contributed by atoms with Gasteiger partial charge in [0.25, 0.3) is 0 Å². The van der Waals surface area contributed by atoms with Crippen LogP contribution in [0, 0.1) is 0 Å². The van der Waals surface area contributed by atoms with Crippen molar-refractivity contribution in [1.29, 1.82) is 0 Å². The van der Waals surface area contributed by atoms with E-state index in [1.165, 1.54) is 31.9 Å². The summed E-state index contributed by atoms with van der Waals surface area (Å²) in [6, 6.07) is 7.91. The molecule has 1 aromatic carbocycles. The number of carbonyl (C=O) groups excluding carboxylic acids is 1. The molecule has 0 aliphatic carbocycles. The van der Waals surface area contributed by atoms with Crippen LogP contribution in [-0.4, -0.2) is 74.7 Å². The van der Waals surface area contributed by atoms with Crippen LogP contribution < -0.4 is 15.6 Å². The molecule has 2 unspecified atom stereocenters. The molecule has 0 spiro atoms. The zero-order chi connectivity index (χ0) is 31.4. The highest BCUT2D eigenvalue weighted by Gasteiger charge is 2.55. The number of aliphatic hydroxyl groups excluding tert-OH is 1. The second-order valence-electron chi connectivity index (χ2n) is 9.86. The number of nitrogens with one attached hydrogen (secondary N) is 1. The highest BCUT2D eigenvalue weighted by atomic mass is 31.2. The van der Waals surface area contributed by atoms with Crippen molar-refractivity contribution in [3.63, 3.8) is 0 Å². The summed E-state index contributed by atoms with van der Waals surface area (Å²) in [5.74, 6) is -0.667. The summed E-state index contributed by atoms with van der Waals surface area (Å²) in [7, 11) is -2.87. The summed E-state index contributed by atoms with van der Waals surface area (Å²) in [4.78, 5) is 27.7. The van der Waals surface area contributed by atoms with E-state index in [0.717, 1.165) is 0 Å². The third-order valence-electron chi connectivity index (χ3n) is 6.83. The summed E-state index contributed by atoms with van der Waals surface area (Å²) in [6.45, 7) is 5.86. The highest BCUT2D eigenvalue weighted by Crippen LogP contribution is 2.50. The molecule has 4 rings (SSSR count). The summed E-state index contributed by atoms with van der Waals surface area (Å²) < 4.78 is 43.4. The SMILES string of the molecule is CCOC(=O)[C@H](C)NP(=O)(OC[C@H]1O[C@@H](n2cnc3c(OC)nc(N)nc32)C(C)(N=[N+]=[N-])[C@@H]1O)O[C@H](C)c1ccccc1. The van der Waals surface area contributed by atoms with E-state index in [9.17, 15) is 20.0 Å². The van der Waals surface area contributed by atoms with Crippen LogP contribution in [0.4, 0.5) is 5.95 Å². The fourth-order valence-corrected chi connectivity index (χ4v) is 6.28. The molecule has 0 amide bonds. The van der Waals surface area contributed by atoms with Crippen LogP contribution >= 0.6 is 7.75 Å². The largest absolute Gasteiger partial charge is 0.479 e. The van der Waals surface area contributed by atoms with Gasteiger partial charge < -0.3 is 25.1 Å². The first kappa shape index (κ1) is 32.1. The standard InChI is InChI=1S/C25H34N9O8P/c1-6-39-22(36)14(2)31-43(37,42-15(3)16-10-8-7-9-11-16)40-12-17-19(35)25(4,32-33-27)23(41-17)34-13-28-18-20(34)29-24(26)30-21(18)38-5/h7-11,13-15,17,19,23,35H,6,12H2,1-5H3,(H,31,37)(H2,26,29,30)/t14-,15+,17+,19+,23+,25?,43?/m0/s1. The summed E-state index contributed by atoms with van der Waals surface area (Å²) in [5, 5.41) is 17.8. The maximum atomic E-state index is 14.0. The number of imidazole rings is 1. The van der Waals surface area contributed by atoms with Crippen LogP contribution in [0.5, 0.6) is 5.88 Å². The van der Waals surface area contributed by atoms with Crippen LogP contribution in [0.25, 0.3) is 21.6 Å². The first-order valence-corrected chi connectivity index (χ1v) is 14.9. The Morgan fingerprint density at radius 2 is 2.07 bits per heavy atom.